The Bertz CT molecular complexity index is 621. The minimum Gasteiger partial charge on any atom is -0.401 e. The second kappa shape index (κ2) is 4.59. The summed E-state index contributed by atoms with van der Waals surface area (Å²) in [6.45, 7) is 1.10. The van der Waals surface area contributed by atoms with Crippen LogP contribution in [0.4, 0.5) is 0 Å². The monoisotopic (exact) mass is 291 g/mol. The number of carbonyl (C=O) groups is 1. The first kappa shape index (κ1) is 13.1. The zero-order chi connectivity index (χ0) is 14.3. The first-order valence-corrected chi connectivity index (χ1v) is 6.88. The van der Waals surface area contributed by atoms with E-state index >= 15 is 0 Å². The van der Waals surface area contributed by atoms with E-state index in [9.17, 15) is 4.79 Å². The summed E-state index contributed by atoms with van der Waals surface area (Å²) in [5.74, 6) is -0.0626. The molecule has 5 nitrogen and oxygen atoms in total. The van der Waals surface area contributed by atoms with Crippen molar-refractivity contribution in [1.82, 2.24) is 9.88 Å². The Morgan fingerprint density at radius 1 is 1.55 bits per heavy atom. The predicted molar refractivity (Wildman–Crippen MR) is 76.0 cm³/mol. The molecule has 1 aromatic heterocycles. The zero-order valence-corrected chi connectivity index (χ0v) is 11.7. The van der Waals surface area contributed by atoms with Crippen LogP contribution in [0.2, 0.25) is 5.15 Å². The summed E-state index contributed by atoms with van der Waals surface area (Å²) in [7, 11) is 0. The van der Waals surface area contributed by atoms with Crippen molar-refractivity contribution < 1.29 is 10.2 Å². The van der Waals surface area contributed by atoms with Crippen molar-refractivity contribution in [1.29, 1.82) is 0 Å². The van der Waals surface area contributed by atoms with Gasteiger partial charge >= 0.3 is 0 Å². The highest BCUT2D eigenvalue weighted by Crippen LogP contribution is 2.53. The summed E-state index contributed by atoms with van der Waals surface area (Å²) in [5.41, 5.74) is 8.33. The fraction of sp³-hybridized carbons (Fsp3) is 0.357. The molecule has 1 aromatic rings. The van der Waals surface area contributed by atoms with Gasteiger partial charge in [-0.3, -0.25) is 10.2 Å². The highest BCUT2D eigenvalue weighted by atomic mass is 35.5. The highest BCUT2D eigenvalue weighted by Gasteiger charge is 2.50. The van der Waals surface area contributed by atoms with Crippen LogP contribution in [0, 0.1) is 5.41 Å². The Morgan fingerprint density at radius 3 is 2.90 bits per heavy atom. The number of nitrogens with two attached hydrogens (primary N) is 2. The van der Waals surface area contributed by atoms with Crippen molar-refractivity contribution in [2.75, 3.05) is 13.1 Å². The van der Waals surface area contributed by atoms with E-state index in [2.05, 4.69) is 4.98 Å². The van der Waals surface area contributed by atoms with Crippen molar-refractivity contribution in [2.45, 2.75) is 12.8 Å². The van der Waals surface area contributed by atoms with Crippen LogP contribution in [0.3, 0.4) is 0 Å². The van der Waals surface area contributed by atoms with Gasteiger partial charge in [-0.15, -0.1) is 0 Å². The molecule has 1 spiro atoms. The normalized spacial score (nSPS) is 20.1. The number of aromatic nitrogens is 1. The highest BCUT2D eigenvalue weighted by molar-refractivity contribution is 6.29. The Morgan fingerprint density at radius 2 is 2.30 bits per heavy atom. The average molecular weight is 292 g/mol. The molecule has 0 aromatic carbocycles. The summed E-state index contributed by atoms with van der Waals surface area (Å²) in [4.78, 5) is 18.2. The van der Waals surface area contributed by atoms with Crippen LogP contribution in [-0.2, 0) is 0 Å². The Hall–Kier alpha value is -1.88. The van der Waals surface area contributed by atoms with Crippen LogP contribution >= 0.6 is 11.6 Å². The number of hydrogen-bond acceptors (Lipinski definition) is 3. The van der Waals surface area contributed by atoms with Gasteiger partial charge in [0.25, 0.3) is 5.91 Å². The number of nitrogens with zero attached hydrogens (tertiary/aromatic N) is 2. The molecule has 1 fully saturated rings. The lowest BCUT2D eigenvalue weighted by molar-refractivity contribution is -0.105. The molecule has 0 unspecified atom stereocenters. The molecule has 1 aliphatic carbocycles. The lowest BCUT2D eigenvalue weighted by Crippen LogP contribution is -2.46. The summed E-state index contributed by atoms with van der Waals surface area (Å²) in [6, 6.07) is 3.25. The van der Waals surface area contributed by atoms with Gasteiger partial charge in [0.2, 0.25) is 0 Å². The summed E-state index contributed by atoms with van der Waals surface area (Å²) >= 11 is 5.84. The van der Waals surface area contributed by atoms with Crippen LogP contribution in [0.15, 0.2) is 29.6 Å². The summed E-state index contributed by atoms with van der Waals surface area (Å²) in [5, 5.41) is 5.95. The molecule has 0 radical (unpaired) electrons. The van der Waals surface area contributed by atoms with E-state index in [4.69, 9.17) is 22.7 Å². The van der Waals surface area contributed by atoms with E-state index in [1.54, 1.807) is 17.0 Å². The molecule has 20 heavy (non-hydrogen) atoms. The van der Waals surface area contributed by atoms with Gasteiger partial charge < -0.3 is 10.6 Å². The maximum atomic E-state index is 12.6. The molecule has 1 aliphatic heterocycles. The molecule has 1 amide bonds. The third kappa shape index (κ3) is 2.08. The minimum absolute atomic E-state index is 0.0596. The predicted octanol–water partition coefficient (Wildman–Crippen LogP) is 0.0137. The van der Waals surface area contributed by atoms with Gasteiger partial charge in [-0.25, -0.2) is 4.98 Å². The molecule has 104 valence electrons. The topological polar surface area (TPSA) is 84.8 Å². The molecular weight excluding hydrogens is 276 g/mol. The fourth-order valence-corrected chi connectivity index (χ4v) is 2.89. The molecule has 0 atom stereocenters. The lowest BCUT2D eigenvalue weighted by Gasteiger charge is -2.33. The molecule has 4 N–H and O–H groups in total. The maximum Gasteiger partial charge on any atom is 0.254 e. The Balaban J connectivity index is 1.89. The van der Waals surface area contributed by atoms with Crippen LogP contribution in [0.25, 0.3) is 0 Å². The van der Waals surface area contributed by atoms with Crippen molar-refractivity contribution in [3.63, 3.8) is 0 Å². The molecular formula is C14H16ClN4O+. The number of halogens is 1. The van der Waals surface area contributed by atoms with Crippen molar-refractivity contribution in [3.8, 4) is 0 Å². The fourth-order valence-electron chi connectivity index (χ4n) is 2.72. The van der Waals surface area contributed by atoms with Crippen LogP contribution < -0.4 is 11.1 Å². The van der Waals surface area contributed by atoms with Crippen molar-refractivity contribution in [3.05, 3.63) is 40.3 Å². The number of pyridine rings is 1. The van der Waals surface area contributed by atoms with Gasteiger partial charge in [0.1, 0.15) is 5.15 Å². The average Bonchev–Trinajstić information content (AvgIpc) is 3.21. The second-order valence-electron chi connectivity index (χ2n) is 5.41. The summed E-state index contributed by atoms with van der Waals surface area (Å²) in [6.07, 6.45) is 5.06. The smallest absolute Gasteiger partial charge is 0.254 e. The standard InChI is InChI=1S/C14H15ClN4O/c15-11-5-9(1-4-18-11)13(20)19-7-10(6-16)12(17)14(8-19)2-3-14/h1,4-6,16H,2-3,7-8,17H2/p+1. The first-order valence-electron chi connectivity index (χ1n) is 6.51. The van der Waals surface area contributed by atoms with Crippen LogP contribution in [0.1, 0.15) is 23.2 Å². The summed E-state index contributed by atoms with van der Waals surface area (Å²) < 4.78 is 0. The van der Waals surface area contributed by atoms with E-state index < -0.39 is 0 Å². The van der Waals surface area contributed by atoms with Gasteiger partial charge in [-0.1, -0.05) is 11.6 Å². The SMILES string of the molecule is NC1=C(C=[NH2+])CN(C(=O)c2ccnc(Cl)c2)CC12CC2. The quantitative estimate of drug-likeness (QED) is 0.595. The lowest BCUT2D eigenvalue weighted by atomic mass is 9.92. The van der Waals surface area contributed by atoms with E-state index in [1.165, 1.54) is 12.4 Å². The largest absolute Gasteiger partial charge is 0.401 e. The van der Waals surface area contributed by atoms with Crippen molar-refractivity contribution in [2.24, 2.45) is 11.1 Å². The Kier molecular flexibility index (Phi) is 3.01. The van der Waals surface area contributed by atoms with Gasteiger partial charge in [-0.2, -0.15) is 0 Å². The van der Waals surface area contributed by atoms with Crippen molar-refractivity contribution >= 4 is 23.7 Å². The molecule has 2 aliphatic rings. The van der Waals surface area contributed by atoms with Gasteiger partial charge in [0, 0.05) is 29.4 Å². The molecule has 1 saturated carbocycles. The van der Waals surface area contributed by atoms with E-state index in [1.807, 2.05) is 0 Å². The maximum absolute atomic E-state index is 12.6. The first-order chi connectivity index (χ1) is 9.55. The van der Waals surface area contributed by atoms with Crippen LogP contribution in [-0.4, -0.2) is 35.1 Å². The third-order valence-corrected chi connectivity index (χ3v) is 4.29. The zero-order valence-electron chi connectivity index (χ0n) is 11.0. The molecule has 0 saturated heterocycles. The van der Waals surface area contributed by atoms with Crippen LogP contribution in [0.5, 0.6) is 0 Å². The Labute approximate surface area is 121 Å². The third-order valence-electron chi connectivity index (χ3n) is 4.09. The van der Waals surface area contributed by atoms with E-state index in [-0.39, 0.29) is 11.3 Å². The van der Waals surface area contributed by atoms with Gasteiger partial charge in [0.15, 0.2) is 6.21 Å². The molecule has 3 rings (SSSR count). The van der Waals surface area contributed by atoms with E-state index in [0.29, 0.717) is 23.8 Å². The van der Waals surface area contributed by atoms with Gasteiger partial charge in [-0.05, 0) is 25.0 Å². The number of hydrogen-bond donors (Lipinski definition) is 2. The van der Waals surface area contributed by atoms with E-state index in [0.717, 1.165) is 24.1 Å². The minimum atomic E-state index is -0.0626. The molecule has 0 bridgehead atoms. The number of carbonyl (C=O) groups excluding carboxylic acids is 1. The number of amides is 1. The van der Waals surface area contributed by atoms with Gasteiger partial charge in [0.05, 0.1) is 12.1 Å². The second-order valence-corrected chi connectivity index (χ2v) is 5.80. The molecule has 6 heteroatoms. The number of rotatable bonds is 2. The molecule has 2 heterocycles.